The Hall–Kier alpha value is -2.09. The van der Waals surface area contributed by atoms with E-state index in [1.165, 1.54) is 10.7 Å². The van der Waals surface area contributed by atoms with Crippen molar-refractivity contribution in [3.05, 3.63) is 29.2 Å². The lowest BCUT2D eigenvalue weighted by atomic mass is 10.2. The maximum absolute atomic E-state index is 12.9. The van der Waals surface area contributed by atoms with Crippen molar-refractivity contribution in [3.63, 3.8) is 0 Å². The number of carbonyl (C=O) groups excluding carboxylic acids is 1. The van der Waals surface area contributed by atoms with Gasteiger partial charge in [0, 0.05) is 12.3 Å². The van der Waals surface area contributed by atoms with E-state index in [4.69, 9.17) is 5.11 Å². The molecule has 0 aliphatic rings. The van der Waals surface area contributed by atoms with Gasteiger partial charge in [-0.3, -0.25) is 4.79 Å². The minimum Gasteiger partial charge on any atom is -0.390 e. The third kappa shape index (κ3) is 2.74. The Kier molecular flexibility index (Phi) is 3.67. The van der Waals surface area contributed by atoms with Crippen molar-refractivity contribution in [2.75, 3.05) is 13.2 Å². The van der Waals surface area contributed by atoms with Crippen LogP contribution < -0.4 is 5.32 Å². The molecule has 2 N–H and O–H groups in total. The molecule has 6 nitrogen and oxygen atoms in total. The standard InChI is InChI=1S/C12H14F2N4O2/c1-7-3-10-15-4-9(8(2)18(10)17-7)11(20)16-5-12(13,14)6-19/h3-4,19H,5-6H2,1-2H3,(H,16,20). The Morgan fingerprint density at radius 1 is 1.50 bits per heavy atom. The molecule has 0 bridgehead atoms. The number of nitrogens with one attached hydrogen (secondary N) is 1. The first-order chi connectivity index (χ1) is 9.34. The summed E-state index contributed by atoms with van der Waals surface area (Å²) in [6.45, 7) is 1.19. The van der Waals surface area contributed by atoms with Crippen molar-refractivity contribution in [2.24, 2.45) is 0 Å². The molecule has 0 aliphatic carbocycles. The molecule has 1 amide bonds. The van der Waals surface area contributed by atoms with E-state index in [1.54, 1.807) is 19.9 Å². The molecular weight excluding hydrogens is 270 g/mol. The van der Waals surface area contributed by atoms with Gasteiger partial charge >= 0.3 is 0 Å². The number of amides is 1. The highest BCUT2D eigenvalue weighted by atomic mass is 19.3. The first-order valence-corrected chi connectivity index (χ1v) is 5.93. The average molecular weight is 284 g/mol. The fourth-order valence-electron chi connectivity index (χ4n) is 1.75. The zero-order valence-electron chi connectivity index (χ0n) is 11.0. The van der Waals surface area contributed by atoms with Crippen LogP contribution in [0.2, 0.25) is 0 Å². The number of aliphatic hydroxyl groups excluding tert-OH is 1. The normalized spacial score (nSPS) is 11.8. The number of nitrogens with zero attached hydrogens (tertiary/aromatic N) is 3. The van der Waals surface area contributed by atoms with Crippen LogP contribution in [0.1, 0.15) is 21.7 Å². The molecule has 108 valence electrons. The van der Waals surface area contributed by atoms with Crippen molar-refractivity contribution < 1.29 is 18.7 Å². The minimum absolute atomic E-state index is 0.161. The number of aryl methyl sites for hydroxylation is 2. The molecule has 0 aromatic carbocycles. The molecule has 2 heterocycles. The molecule has 0 saturated carbocycles. The number of hydrogen-bond acceptors (Lipinski definition) is 4. The van der Waals surface area contributed by atoms with E-state index < -0.39 is 25.0 Å². The highest BCUT2D eigenvalue weighted by molar-refractivity contribution is 5.95. The predicted octanol–water partition coefficient (Wildman–Crippen LogP) is 0.704. The highest BCUT2D eigenvalue weighted by Crippen LogP contribution is 2.13. The molecule has 2 aromatic rings. The Bertz CT molecular complexity index is 654. The van der Waals surface area contributed by atoms with E-state index in [0.717, 1.165) is 5.69 Å². The van der Waals surface area contributed by atoms with E-state index in [-0.39, 0.29) is 5.56 Å². The summed E-state index contributed by atoms with van der Waals surface area (Å²) in [6, 6.07) is 1.74. The zero-order valence-corrected chi connectivity index (χ0v) is 11.0. The second-order valence-corrected chi connectivity index (χ2v) is 4.51. The number of hydrogen-bond donors (Lipinski definition) is 2. The molecule has 0 radical (unpaired) electrons. The maximum atomic E-state index is 12.9. The lowest BCUT2D eigenvalue weighted by molar-refractivity contribution is -0.0462. The number of alkyl halides is 2. The van der Waals surface area contributed by atoms with Gasteiger partial charge in [-0.1, -0.05) is 0 Å². The summed E-state index contributed by atoms with van der Waals surface area (Å²) < 4.78 is 27.3. The summed E-state index contributed by atoms with van der Waals surface area (Å²) in [7, 11) is 0. The molecule has 0 saturated heterocycles. The van der Waals surface area contributed by atoms with Gasteiger partial charge in [-0.2, -0.15) is 5.10 Å². The molecule has 0 aliphatic heterocycles. The summed E-state index contributed by atoms with van der Waals surface area (Å²) in [5, 5.41) is 14.7. The van der Waals surface area contributed by atoms with E-state index in [9.17, 15) is 13.6 Å². The van der Waals surface area contributed by atoms with Crippen LogP contribution >= 0.6 is 0 Å². The van der Waals surface area contributed by atoms with Crippen molar-refractivity contribution >= 4 is 11.6 Å². The molecule has 0 fully saturated rings. The minimum atomic E-state index is -3.34. The van der Waals surface area contributed by atoms with Crippen LogP contribution in [0, 0.1) is 13.8 Å². The third-order valence-electron chi connectivity index (χ3n) is 2.83. The number of halogens is 2. The Balaban J connectivity index is 2.24. The van der Waals surface area contributed by atoms with Gasteiger partial charge in [0.2, 0.25) is 0 Å². The van der Waals surface area contributed by atoms with Crippen LogP contribution in [0.15, 0.2) is 12.3 Å². The fourth-order valence-corrected chi connectivity index (χ4v) is 1.75. The third-order valence-corrected chi connectivity index (χ3v) is 2.83. The first-order valence-electron chi connectivity index (χ1n) is 5.93. The van der Waals surface area contributed by atoms with E-state index in [1.807, 2.05) is 0 Å². The van der Waals surface area contributed by atoms with Gasteiger partial charge in [-0.05, 0) is 13.8 Å². The van der Waals surface area contributed by atoms with Crippen LogP contribution in [0.3, 0.4) is 0 Å². The molecule has 2 aromatic heterocycles. The van der Waals surface area contributed by atoms with Gasteiger partial charge in [-0.15, -0.1) is 0 Å². The molecule has 20 heavy (non-hydrogen) atoms. The molecule has 2 rings (SSSR count). The molecule has 0 spiro atoms. The molecule has 8 heteroatoms. The Morgan fingerprint density at radius 3 is 2.85 bits per heavy atom. The second-order valence-electron chi connectivity index (χ2n) is 4.51. The number of carbonyl (C=O) groups is 1. The zero-order chi connectivity index (χ0) is 14.9. The smallest absolute Gasteiger partial charge is 0.287 e. The predicted molar refractivity (Wildman–Crippen MR) is 66.8 cm³/mol. The van der Waals surface area contributed by atoms with Crippen LogP contribution in [0.25, 0.3) is 5.65 Å². The lowest BCUT2D eigenvalue weighted by Crippen LogP contribution is -2.39. The van der Waals surface area contributed by atoms with Crippen molar-refractivity contribution in [3.8, 4) is 0 Å². The Labute approximate surface area is 113 Å². The van der Waals surface area contributed by atoms with Gasteiger partial charge in [0.25, 0.3) is 11.8 Å². The Morgan fingerprint density at radius 2 is 2.20 bits per heavy atom. The van der Waals surface area contributed by atoms with Crippen molar-refractivity contribution in [1.29, 1.82) is 0 Å². The van der Waals surface area contributed by atoms with Crippen LogP contribution in [0.5, 0.6) is 0 Å². The van der Waals surface area contributed by atoms with Crippen LogP contribution in [0.4, 0.5) is 8.78 Å². The summed E-state index contributed by atoms with van der Waals surface area (Å²) in [4.78, 5) is 15.9. The summed E-state index contributed by atoms with van der Waals surface area (Å²) in [5.41, 5.74) is 1.99. The van der Waals surface area contributed by atoms with Gasteiger partial charge in [0.15, 0.2) is 5.65 Å². The maximum Gasteiger partial charge on any atom is 0.287 e. The quantitative estimate of drug-likeness (QED) is 0.866. The first kappa shape index (κ1) is 14.3. The summed E-state index contributed by atoms with van der Waals surface area (Å²) in [6.07, 6.45) is 1.32. The number of aliphatic hydroxyl groups is 1. The second kappa shape index (κ2) is 5.12. The molecule has 0 unspecified atom stereocenters. The SMILES string of the molecule is Cc1cc2ncc(C(=O)NCC(F)(F)CO)c(C)n2n1. The van der Waals surface area contributed by atoms with Gasteiger partial charge < -0.3 is 10.4 Å². The molecule has 0 atom stereocenters. The summed E-state index contributed by atoms with van der Waals surface area (Å²) in [5.74, 6) is -4.03. The van der Waals surface area contributed by atoms with Crippen molar-refractivity contribution in [1.82, 2.24) is 19.9 Å². The largest absolute Gasteiger partial charge is 0.390 e. The monoisotopic (exact) mass is 284 g/mol. The van der Waals surface area contributed by atoms with Gasteiger partial charge in [0.05, 0.1) is 23.5 Å². The van der Waals surface area contributed by atoms with Gasteiger partial charge in [-0.25, -0.2) is 18.3 Å². The highest BCUT2D eigenvalue weighted by Gasteiger charge is 2.28. The fraction of sp³-hybridized carbons (Fsp3) is 0.417. The molecular formula is C12H14F2N4O2. The van der Waals surface area contributed by atoms with Crippen molar-refractivity contribution in [2.45, 2.75) is 19.8 Å². The van der Waals surface area contributed by atoms with Crippen LogP contribution in [-0.2, 0) is 0 Å². The van der Waals surface area contributed by atoms with E-state index >= 15 is 0 Å². The topological polar surface area (TPSA) is 79.5 Å². The van der Waals surface area contributed by atoms with Crippen LogP contribution in [-0.4, -0.2) is 44.7 Å². The number of fused-ring (bicyclic) bond motifs is 1. The average Bonchev–Trinajstić information content (AvgIpc) is 2.78. The van der Waals surface area contributed by atoms with Gasteiger partial charge in [0.1, 0.15) is 6.61 Å². The number of rotatable bonds is 4. The lowest BCUT2D eigenvalue weighted by Gasteiger charge is -2.14. The number of aromatic nitrogens is 3. The van der Waals surface area contributed by atoms with E-state index in [0.29, 0.717) is 11.3 Å². The summed E-state index contributed by atoms with van der Waals surface area (Å²) >= 11 is 0. The van der Waals surface area contributed by atoms with E-state index in [2.05, 4.69) is 15.4 Å².